The molecule has 0 bridgehead atoms. The molecule has 2 N–H and O–H groups in total. The van der Waals surface area contributed by atoms with Crippen LogP contribution in [0.3, 0.4) is 0 Å². The van der Waals surface area contributed by atoms with E-state index >= 15 is 0 Å². The summed E-state index contributed by atoms with van der Waals surface area (Å²) in [4.78, 5) is 11.6. The maximum absolute atomic E-state index is 11.7. The lowest BCUT2D eigenvalue weighted by Crippen LogP contribution is -2.50. The minimum absolute atomic E-state index is 0.0529. The van der Waals surface area contributed by atoms with Crippen molar-refractivity contribution >= 4 is 21.5 Å². The zero-order valence-corrected chi connectivity index (χ0v) is 13.9. The topological polar surface area (TPSA) is 83.5 Å². The Morgan fingerprint density at radius 2 is 1.62 bits per heavy atom. The summed E-state index contributed by atoms with van der Waals surface area (Å²) in [6.45, 7) is 8.51. The van der Waals surface area contributed by atoms with Crippen LogP contribution >= 0.6 is 0 Å². The standard InChI is InChI=1S/C15H23NO4S/c1-6-21(19,20)12-9-7-11(8-10-12)16-15(4,5)14(2,3)13(17)18/h7-10,16H,6H2,1-5H3,(H,17,18). The molecule has 1 aromatic carbocycles. The van der Waals surface area contributed by atoms with E-state index in [-0.39, 0.29) is 10.6 Å². The van der Waals surface area contributed by atoms with Crippen molar-refractivity contribution in [3.05, 3.63) is 24.3 Å². The number of nitrogens with one attached hydrogen (secondary N) is 1. The van der Waals surface area contributed by atoms with E-state index in [1.165, 1.54) is 12.1 Å². The molecule has 0 saturated heterocycles. The highest BCUT2D eigenvalue weighted by Gasteiger charge is 2.43. The SMILES string of the molecule is CCS(=O)(=O)c1ccc(NC(C)(C)C(C)(C)C(=O)O)cc1. The normalized spacial score (nSPS) is 13.0. The lowest BCUT2D eigenvalue weighted by molar-refractivity contribution is -0.149. The van der Waals surface area contributed by atoms with Crippen LogP contribution in [0.15, 0.2) is 29.2 Å². The van der Waals surface area contributed by atoms with E-state index in [1.54, 1.807) is 46.8 Å². The van der Waals surface area contributed by atoms with Crippen LogP contribution in [0, 0.1) is 5.41 Å². The van der Waals surface area contributed by atoms with E-state index in [0.717, 1.165) is 0 Å². The van der Waals surface area contributed by atoms with Crippen LogP contribution < -0.4 is 5.32 Å². The first-order chi connectivity index (χ1) is 9.44. The summed E-state index contributed by atoms with van der Waals surface area (Å²) in [6.07, 6.45) is 0. The number of sulfone groups is 1. The number of anilines is 1. The summed E-state index contributed by atoms with van der Waals surface area (Å²) in [5.41, 5.74) is -1.00. The van der Waals surface area contributed by atoms with Gasteiger partial charge in [-0.25, -0.2) is 8.42 Å². The van der Waals surface area contributed by atoms with Crippen LogP contribution in [0.4, 0.5) is 5.69 Å². The molecule has 0 spiro atoms. The Hall–Kier alpha value is -1.56. The third kappa shape index (κ3) is 3.56. The minimum Gasteiger partial charge on any atom is -0.481 e. The van der Waals surface area contributed by atoms with Gasteiger partial charge in [-0.15, -0.1) is 0 Å². The Morgan fingerprint density at radius 1 is 1.14 bits per heavy atom. The lowest BCUT2D eigenvalue weighted by atomic mass is 9.74. The Bertz CT molecular complexity index is 616. The highest BCUT2D eigenvalue weighted by atomic mass is 32.2. The maximum atomic E-state index is 11.7. The van der Waals surface area contributed by atoms with Crippen LogP contribution in [-0.4, -0.2) is 30.8 Å². The van der Waals surface area contributed by atoms with E-state index in [9.17, 15) is 18.3 Å². The first kappa shape index (κ1) is 17.5. The quantitative estimate of drug-likeness (QED) is 0.843. The number of hydrogen-bond donors (Lipinski definition) is 2. The average Bonchev–Trinajstić information content (AvgIpc) is 2.38. The number of hydrogen-bond acceptors (Lipinski definition) is 4. The summed E-state index contributed by atoms with van der Waals surface area (Å²) >= 11 is 0. The second-order valence-electron chi connectivity index (χ2n) is 6.11. The Morgan fingerprint density at radius 3 is 2.00 bits per heavy atom. The number of rotatable bonds is 6. The van der Waals surface area contributed by atoms with E-state index in [2.05, 4.69) is 5.32 Å². The minimum atomic E-state index is -3.22. The number of carboxylic acids is 1. The largest absolute Gasteiger partial charge is 0.481 e. The van der Waals surface area contributed by atoms with Crippen molar-refractivity contribution in [2.75, 3.05) is 11.1 Å². The van der Waals surface area contributed by atoms with Gasteiger partial charge in [0.1, 0.15) is 0 Å². The van der Waals surface area contributed by atoms with Gasteiger partial charge in [0.25, 0.3) is 0 Å². The first-order valence-electron chi connectivity index (χ1n) is 6.78. The van der Waals surface area contributed by atoms with E-state index in [4.69, 9.17) is 0 Å². The van der Waals surface area contributed by atoms with Gasteiger partial charge in [-0.2, -0.15) is 0 Å². The van der Waals surface area contributed by atoms with Gasteiger partial charge in [-0.1, -0.05) is 6.92 Å². The van der Waals surface area contributed by atoms with Crippen LogP contribution in [0.2, 0.25) is 0 Å². The molecule has 0 radical (unpaired) electrons. The molecular weight excluding hydrogens is 290 g/mol. The molecule has 0 unspecified atom stereocenters. The van der Waals surface area contributed by atoms with Gasteiger partial charge in [-0.3, -0.25) is 4.79 Å². The van der Waals surface area contributed by atoms with E-state index < -0.39 is 26.8 Å². The van der Waals surface area contributed by atoms with Gasteiger partial charge in [-0.05, 0) is 52.0 Å². The Kier molecular flexibility index (Phi) is 4.73. The maximum Gasteiger partial charge on any atom is 0.311 e. The molecule has 0 atom stereocenters. The molecule has 6 heteroatoms. The summed E-state index contributed by atoms with van der Waals surface area (Å²) in [7, 11) is -3.22. The molecule has 1 aromatic rings. The zero-order chi connectivity index (χ0) is 16.5. The first-order valence-corrected chi connectivity index (χ1v) is 8.43. The van der Waals surface area contributed by atoms with Crippen molar-refractivity contribution in [2.45, 2.75) is 45.1 Å². The summed E-state index contributed by atoms with van der Waals surface area (Å²) in [6, 6.07) is 6.38. The molecule has 0 aliphatic rings. The van der Waals surface area contributed by atoms with Gasteiger partial charge in [0, 0.05) is 11.2 Å². The molecule has 1 rings (SSSR count). The lowest BCUT2D eigenvalue weighted by Gasteiger charge is -2.39. The highest BCUT2D eigenvalue weighted by Crippen LogP contribution is 2.34. The van der Waals surface area contributed by atoms with Crippen molar-refractivity contribution in [1.29, 1.82) is 0 Å². The van der Waals surface area contributed by atoms with Gasteiger partial charge in [0.15, 0.2) is 9.84 Å². The van der Waals surface area contributed by atoms with Crippen LogP contribution in [-0.2, 0) is 14.6 Å². The summed E-state index contributed by atoms with van der Waals surface area (Å²) in [5.74, 6) is -0.845. The fourth-order valence-electron chi connectivity index (χ4n) is 1.70. The predicted molar refractivity (Wildman–Crippen MR) is 83.3 cm³/mol. The predicted octanol–water partition coefficient (Wildman–Crippen LogP) is 2.78. The highest BCUT2D eigenvalue weighted by molar-refractivity contribution is 7.91. The number of aliphatic carboxylic acids is 1. The van der Waals surface area contributed by atoms with Gasteiger partial charge in [0.2, 0.25) is 0 Å². The zero-order valence-electron chi connectivity index (χ0n) is 13.1. The third-order valence-electron chi connectivity index (χ3n) is 4.15. The van der Waals surface area contributed by atoms with Gasteiger partial charge >= 0.3 is 5.97 Å². The molecule has 118 valence electrons. The smallest absolute Gasteiger partial charge is 0.311 e. The number of carboxylic acid groups (broad SMARTS) is 1. The molecule has 0 aliphatic carbocycles. The molecule has 21 heavy (non-hydrogen) atoms. The van der Waals surface area contributed by atoms with Crippen molar-refractivity contribution in [3.63, 3.8) is 0 Å². The molecule has 5 nitrogen and oxygen atoms in total. The van der Waals surface area contributed by atoms with Crippen molar-refractivity contribution in [3.8, 4) is 0 Å². The second kappa shape index (κ2) is 5.67. The van der Waals surface area contributed by atoms with Crippen molar-refractivity contribution in [1.82, 2.24) is 0 Å². The molecular formula is C15H23NO4S. The van der Waals surface area contributed by atoms with Crippen molar-refractivity contribution in [2.24, 2.45) is 5.41 Å². The molecule has 0 amide bonds. The second-order valence-corrected chi connectivity index (χ2v) is 8.39. The Balaban J connectivity index is 3.03. The molecule has 0 aliphatic heterocycles. The molecule has 0 fully saturated rings. The van der Waals surface area contributed by atoms with Crippen LogP contribution in [0.1, 0.15) is 34.6 Å². The number of carbonyl (C=O) groups is 1. The van der Waals surface area contributed by atoms with E-state index in [1.807, 2.05) is 0 Å². The van der Waals surface area contributed by atoms with Gasteiger partial charge < -0.3 is 10.4 Å². The average molecular weight is 313 g/mol. The fourth-order valence-corrected chi connectivity index (χ4v) is 2.58. The van der Waals surface area contributed by atoms with Crippen LogP contribution in [0.25, 0.3) is 0 Å². The summed E-state index contributed by atoms with van der Waals surface area (Å²) < 4.78 is 23.5. The third-order valence-corrected chi connectivity index (χ3v) is 5.90. The fraction of sp³-hybridized carbons (Fsp3) is 0.533. The monoisotopic (exact) mass is 313 g/mol. The molecule has 0 heterocycles. The number of benzene rings is 1. The van der Waals surface area contributed by atoms with E-state index in [0.29, 0.717) is 5.69 Å². The molecule has 0 aromatic heterocycles. The molecule has 0 saturated carbocycles. The van der Waals surface area contributed by atoms with Crippen LogP contribution in [0.5, 0.6) is 0 Å². The summed E-state index contributed by atoms with van der Waals surface area (Å²) in [5, 5.41) is 12.5. The van der Waals surface area contributed by atoms with Gasteiger partial charge in [0.05, 0.1) is 16.1 Å². The Labute approximate surface area is 126 Å². The van der Waals surface area contributed by atoms with Crippen molar-refractivity contribution < 1.29 is 18.3 Å².